The number of ether oxygens (including phenoxy) is 1. The van der Waals surface area contributed by atoms with E-state index in [4.69, 9.17) is 38.2 Å². The fraction of sp³-hybridized carbons (Fsp3) is 0.647. The smallest absolute Gasteiger partial charge is 0.387 e. The summed E-state index contributed by atoms with van der Waals surface area (Å²) in [5.41, 5.74) is 11.1. The third-order valence-electron chi connectivity index (χ3n) is 5.55. The van der Waals surface area contributed by atoms with Crippen LogP contribution in [0.25, 0.3) is 11.2 Å². The molecule has 3 heterocycles. The molecule has 0 spiro atoms. The first kappa shape index (κ1) is 34.6. The Balaban J connectivity index is 1.62. The Hall–Kier alpha value is -1.87. The van der Waals surface area contributed by atoms with E-state index >= 15 is 0 Å². The van der Waals surface area contributed by atoms with E-state index in [2.05, 4.69) is 38.4 Å². The maximum atomic E-state index is 12.0. The van der Waals surface area contributed by atoms with Gasteiger partial charge in [0.05, 0.1) is 12.9 Å². The SMILES string of the molecule is NC(N)=NCCCCCCNc1nc(=S)c2ncn([C@@H]3O[C@H](COP(=O)(O)OP(=O)(O)OP(=O)(O)O)[C@H](O)C3O)c2[nH]1. The van der Waals surface area contributed by atoms with Gasteiger partial charge in [0, 0.05) is 13.1 Å². The zero-order valence-electron chi connectivity index (χ0n) is 21.6. The molecule has 2 aromatic heterocycles. The Kier molecular flexibility index (Phi) is 11.8. The second-order valence-corrected chi connectivity index (χ2v) is 13.6. The number of guanidine groups is 1. The normalized spacial score (nSPS) is 23.9. The molecule has 0 aliphatic carbocycles. The van der Waals surface area contributed by atoms with Gasteiger partial charge in [-0.2, -0.15) is 8.62 Å². The molecule has 1 aliphatic heterocycles. The highest BCUT2D eigenvalue weighted by molar-refractivity contribution is 7.71. The molecule has 42 heavy (non-hydrogen) atoms. The molecule has 0 aromatic carbocycles. The van der Waals surface area contributed by atoms with Crippen LogP contribution in [0.5, 0.6) is 0 Å². The van der Waals surface area contributed by atoms with E-state index in [1.54, 1.807) is 0 Å². The molecule has 0 radical (unpaired) electrons. The highest BCUT2D eigenvalue weighted by atomic mass is 32.1. The van der Waals surface area contributed by atoms with Crippen molar-refractivity contribution in [1.29, 1.82) is 0 Å². The number of aromatic nitrogens is 4. The van der Waals surface area contributed by atoms with Gasteiger partial charge in [-0.05, 0) is 12.8 Å². The van der Waals surface area contributed by atoms with Crippen molar-refractivity contribution in [1.82, 2.24) is 19.5 Å². The number of unbranched alkanes of at least 4 members (excludes halogenated alkanes) is 3. The summed E-state index contributed by atoms with van der Waals surface area (Å²) in [6, 6.07) is 0. The molecule has 6 atom stereocenters. The highest BCUT2D eigenvalue weighted by Gasteiger charge is 2.47. The Morgan fingerprint density at radius 3 is 2.45 bits per heavy atom. The number of nitrogens with two attached hydrogens (primary N) is 2. The van der Waals surface area contributed by atoms with Crippen LogP contribution in [-0.4, -0.2) is 93.3 Å². The average molecular weight is 680 g/mol. The minimum absolute atomic E-state index is 0.0522. The molecule has 3 unspecified atom stereocenters. The van der Waals surface area contributed by atoms with E-state index in [0.29, 0.717) is 19.0 Å². The van der Waals surface area contributed by atoms with E-state index in [1.165, 1.54) is 10.9 Å². The summed E-state index contributed by atoms with van der Waals surface area (Å²) >= 11 is 5.31. The van der Waals surface area contributed by atoms with Gasteiger partial charge in [0.25, 0.3) is 0 Å². The van der Waals surface area contributed by atoms with Crippen molar-refractivity contribution in [2.75, 3.05) is 25.0 Å². The lowest BCUT2D eigenvalue weighted by molar-refractivity contribution is -0.0503. The topological polar surface area (TPSA) is 332 Å². The number of imidazole rings is 1. The summed E-state index contributed by atoms with van der Waals surface area (Å²) in [5.74, 6) is 0.350. The van der Waals surface area contributed by atoms with Crippen LogP contribution in [0.4, 0.5) is 5.95 Å². The van der Waals surface area contributed by atoms with Crippen molar-refractivity contribution in [2.24, 2.45) is 16.5 Å². The Morgan fingerprint density at radius 1 is 1.10 bits per heavy atom. The van der Waals surface area contributed by atoms with Crippen LogP contribution in [0, 0.1) is 4.64 Å². The first-order valence-corrected chi connectivity index (χ1v) is 17.0. The van der Waals surface area contributed by atoms with Crippen molar-refractivity contribution in [2.45, 2.75) is 50.2 Å². The molecule has 3 rings (SSSR count). The van der Waals surface area contributed by atoms with Gasteiger partial charge in [-0.25, -0.2) is 23.7 Å². The minimum Gasteiger partial charge on any atom is -0.387 e. The molecule has 238 valence electrons. The highest BCUT2D eigenvalue weighted by Crippen LogP contribution is 2.66. The summed E-state index contributed by atoms with van der Waals surface area (Å²) < 4.78 is 53.0. The van der Waals surface area contributed by atoms with Crippen LogP contribution >= 0.6 is 35.7 Å². The summed E-state index contributed by atoms with van der Waals surface area (Å²) in [7, 11) is -16.8. The number of nitrogens with zero attached hydrogens (tertiary/aromatic N) is 4. The van der Waals surface area contributed by atoms with Crippen LogP contribution in [0.15, 0.2) is 11.3 Å². The monoisotopic (exact) mass is 680 g/mol. The molecule has 1 aliphatic rings. The standard InChI is InChI=1S/C17H31N8O13P3S/c18-16(19)20-5-3-1-2-4-6-21-17-23-13-10(14(42)24-17)22-8-25(13)15-12(27)11(26)9(36-15)7-35-40(31,32)38-41(33,34)37-39(28,29)30/h8-9,11-12,15,26-27H,1-7H2,(H,31,32)(H,33,34)(H4,18,19,20)(H2,28,29,30)(H2,21,23,24,42)/t9-,11+,12?,15-/m1/s1. The van der Waals surface area contributed by atoms with Gasteiger partial charge in [0.2, 0.25) is 5.95 Å². The predicted octanol–water partition coefficient (Wildman–Crippen LogP) is -0.303. The summed E-state index contributed by atoms with van der Waals surface area (Å²) in [6.45, 7) is 0.125. The summed E-state index contributed by atoms with van der Waals surface area (Å²) in [4.78, 5) is 51.4. The van der Waals surface area contributed by atoms with Crippen LogP contribution in [0.1, 0.15) is 31.9 Å². The fourth-order valence-electron chi connectivity index (χ4n) is 3.79. The number of nitrogens with one attached hydrogen (secondary N) is 2. The van der Waals surface area contributed by atoms with Gasteiger partial charge >= 0.3 is 23.5 Å². The van der Waals surface area contributed by atoms with E-state index in [1.807, 2.05) is 0 Å². The minimum atomic E-state index is -5.74. The zero-order valence-corrected chi connectivity index (χ0v) is 25.1. The molecule has 2 aromatic rings. The molecule has 1 saturated heterocycles. The maximum absolute atomic E-state index is 12.0. The van der Waals surface area contributed by atoms with Crippen molar-refractivity contribution in [3.8, 4) is 0 Å². The van der Waals surface area contributed by atoms with Crippen LogP contribution in [-0.2, 0) is 31.6 Å². The Morgan fingerprint density at radius 2 is 1.79 bits per heavy atom. The average Bonchev–Trinajstić information content (AvgIpc) is 3.38. The zero-order chi connectivity index (χ0) is 31.3. The van der Waals surface area contributed by atoms with E-state index in [0.717, 1.165) is 25.7 Å². The van der Waals surface area contributed by atoms with E-state index in [-0.39, 0.29) is 21.8 Å². The van der Waals surface area contributed by atoms with Crippen molar-refractivity contribution in [3.63, 3.8) is 0 Å². The molecular formula is C17H31N8O13P3S. The molecule has 0 amide bonds. The van der Waals surface area contributed by atoms with Gasteiger partial charge < -0.3 is 56.3 Å². The first-order valence-electron chi connectivity index (χ1n) is 12.0. The number of aliphatic hydroxyl groups is 2. The molecule has 21 nitrogen and oxygen atoms in total. The fourth-order valence-corrected chi connectivity index (χ4v) is 7.06. The maximum Gasteiger partial charge on any atom is 0.490 e. The largest absolute Gasteiger partial charge is 0.490 e. The third kappa shape index (κ3) is 10.1. The summed E-state index contributed by atoms with van der Waals surface area (Å²) in [6.07, 6.45) is -1.42. The number of aliphatic imine (C=N–C) groups is 1. The molecule has 0 saturated carbocycles. The number of H-pyrrole nitrogens is 1. The molecule has 12 N–H and O–H groups in total. The summed E-state index contributed by atoms with van der Waals surface area (Å²) in [5, 5.41) is 24.1. The van der Waals surface area contributed by atoms with Gasteiger partial charge in [0.1, 0.15) is 29.5 Å². The number of fused-ring (bicyclic) bond motifs is 1. The first-order chi connectivity index (χ1) is 19.5. The van der Waals surface area contributed by atoms with Crippen molar-refractivity contribution < 1.29 is 61.4 Å². The number of phosphoric acid groups is 3. The lowest BCUT2D eigenvalue weighted by atomic mass is 10.1. The number of hydrogen-bond donors (Lipinski definition) is 10. The van der Waals surface area contributed by atoms with Gasteiger partial charge in [0.15, 0.2) is 16.8 Å². The molecule has 25 heteroatoms. The van der Waals surface area contributed by atoms with Crippen molar-refractivity contribution >= 4 is 58.8 Å². The third-order valence-corrected chi connectivity index (χ3v) is 9.63. The number of aromatic amines is 1. The number of phosphoric ester groups is 1. The van der Waals surface area contributed by atoms with E-state index < -0.39 is 54.6 Å². The van der Waals surface area contributed by atoms with Crippen molar-refractivity contribution in [3.05, 3.63) is 11.0 Å². The quantitative estimate of drug-likeness (QED) is 0.0357. The molecule has 0 bridgehead atoms. The van der Waals surface area contributed by atoms with Crippen LogP contribution in [0.3, 0.4) is 0 Å². The van der Waals surface area contributed by atoms with E-state index in [9.17, 15) is 33.7 Å². The number of anilines is 1. The number of rotatable bonds is 16. The predicted molar refractivity (Wildman–Crippen MR) is 146 cm³/mol. The number of aliphatic hydroxyl groups excluding tert-OH is 2. The van der Waals surface area contributed by atoms with Gasteiger partial charge in [-0.15, -0.1) is 0 Å². The van der Waals surface area contributed by atoms with Gasteiger partial charge in [-0.3, -0.25) is 14.1 Å². The lowest BCUT2D eigenvalue weighted by Crippen LogP contribution is -2.33. The second-order valence-electron chi connectivity index (χ2n) is 8.82. The Bertz CT molecular complexity index is 1460. The molecular weight excluding hydrogens is 649 g/mol. The molecule has 1 fully saturated rings. The second kappa shape index (κ2) is 14.3. The van der Waals surface area contributed by atoms with Gasteiger partial charge in [-0.1, -0.05) is 25.1 Å². The van der Waals surface area contributed by atoms with Crippen LogP contribution in [0.2, 0.25) is 0 Å². The number of hydrogen-bond acceptors (Lipinski definition) is 14. The lowest BCUT2D eigenvalue weighted by Gasteiger charge is -2.19. The van der Waals surface area contributed by atoms with Crippen LogP contribution < -0.4 is 16.8 Å². The Labute approximate surface area is 242 Å².